The lowest BCUT2D eigenvalue weighted by molar-refractivity contribution is -0.0792. The molecule has 0 bridgehead atoms. The van der Waals surface area contributed by atoms with Gasteiger partial charge in [0.2, 0.25) is 0 Å². The summed E-state index contributed by atoms with van der Waals surface area (Å²) >= 11 is 1.56. The highest BCUT2D eigenvalue weighted by molar-refractivity contribution is 7.91. The maximum absolute atomic E-state index is 12.8. The Balaban J connectivity index is 1.58. The van der Waals surface area contributed by atoms with Crippen LogP contribution in [0.3, 0.4) is 0 Å². The number of carbonyl (C=O) groups is 1. The second-order valence-electron chi connectivity index (χ2n) is 6.73. The average molecular weight is 370 g/mol. The molecule has 8 heteroatoms. The molecule has 3 aliphatic heterocycles. The van der Waals surface area contributed by atoms with Gasteiger partial charge in [-0.25, -0.2) is 8.42 Å². The predicted octanol–water partition coefficient (Wildman–Crippen LogP) is 0.770. The number of hydrogen-bond acceptors (Lipinski definition) is 6. The fraction of sp³-hybridized carbons (Fsp3) is 0.688. The van der Waals surface area contributed by atoms with E-state index >= 15 is 0 Å². The van der Waals surface area contributed by atoms with E-state index in [9.17, 15) is 13.2 Å². The van der Waals surface area contributed by atoms with Gasteiger partial charge in [-0.15, -0.1) is 11.3 Å². The maximum atomic E-state index is 12.8. The summed E-state index contributed by atoms with van der Waals surface area (Å²) in [6, 6.07) is 2.01. The molecule has 4 heterocycles. The van der Waals surface area contributed by atoms with Crippen molar-refractivity contribution in [3.8, 4) is 0 Å². The highest BCUT2D eigenvalue weighted by Crippen LogP contribution is 2.43. The Kier molecular flexibility index (Phi) is 4.19. The van der Waals surface area contributed by atoms with Crippen LogP contribution in [-0.4, -0.2) is 63.5 Å². The number of fused-ring (bicyclic) bond motifs is 2. The smallest absolute Gasteiger partial charge is 0.264 e. The van der Waals surface area contributed by atoms with E-state index in [0.717, 1.165) is 37.2 Å². The number of rotatable bonds is 1. The molecule has 0 atom stereocenters. The number of hydrogen-bond donors (Lipinski definition) is 1. The number of thiophene rings is 1. The monoisotopic (exact) mass is 370 g/mol. The van der Waals surface area contributed by atoms with E-state index in [2.05, 4.69) is 5.32 Å². The topological polar surface area (TPSA) is 75.7 Å². The van der Waals surface area contributed by atoms with E-state index in [1.165, 1.54) is 10.4 Å². The zero-order chi connectivity index (χ0) is 16.8. The van der Waals surface area contributed by atoms with E-state index < -0.39 is 9.84 Å². The summed E-state index contributed by atoms with van der Waals surface area (Å²) in [7, 11) is -2.97. The molecule has 0 aliphatic carbocycles. The van der Waals surface area contributed by atoms with Gasteiger partial charge in [0, 0.05) is 24.4 Å². The third kappa shape index (κ3) is 2.89. The van der Waals surface area contributed by atoms with Crippen LogP contribution in [0.1, 0.15) is 33.0 Å². The van der Waals surface area contributed by atoms with Crippen LogP contribution in [0.2, 0.25) is 0 Å². The van der Waals surface area contributed by atoms with Crippen molar-refractivity contribution in [3.05, 3.63) is 21.4 Å². The Hall–Kier alpha value is -0.960. The summed E-state index contributed by atoms with van der Waals surface area (Å²) in [5, 5.41) is 3.37. The summed E-state index contributed by atoms with van der Waals surface area (Å²) in [5.74, 6) is 0.110. The maximum Gasteiger partial charge on any atom is 0.264 e. The molecular formula is C16H22N2O4S2. The highest BCUT2D eigenvalue weighted by Gasteiger charge is 2.41. The van der Waals surface area contributed by atoms with Crippen molar-refractivity contribution in [2.45, 2.75) is 24.9 Å². The van der Waals surface area contributed by atoms with Crippen molar-refractivity contribution < 1.29 is 17.9 Å². The van der Waals surface area contributed by atoms with Gasteiger partial charge in [-0.1, -0.05) is 0 Å². The molecule has 1 spiro atoms. The molecule has 24 heavy (non-hydrogen) atoms. The van der Waals surface area contributed by atoms with Gasteiger partial charge < -0.3 is 15.0 Å². The first-order valence-corrected chi connectivity index (χ1v) is 11.1. The lowest BCUT2D eigenvalue weighted by Gasteiger charge is -2.40. The molecule has 1 aromatic heterocycles. The van der Waals surface area contributed by atoms with Crippen LogP contribution in [0.25, 0.3) is 0 Å². The van der Waals surface area contributed by atoms with Crippen molar-refractivity contribution in [2.75, 3.05) is 44.3 Å². The molecule has 1 aromatic rings. The number of nitrogens with zero attached hydrogens (tertiary/aromatic N) is 1. The van der Waals surface area contributed by atoms with Gasteiger partial charge in [0.15, 0.2) is 9.84 Å². The third-order valence-electron chi connectivity index (χ3n) is 5.26. The van der Waals surface area contributed by atoms with E-state index in [0.29, 0.717) is 19.7 Å². The number of sulfone groups is 1. The van der Waals surface area contributed by atoms with Gasteiger partial charge in [0.1, 0.15) is 0 Å². The van der Waals surface area contributed by atoms with Gasteiger partial charge >= 0.3 is 0 Å². The number of piperidine rings is 1. The Bertz CT molecular complexity index is 736. The van der Waals surface area contributed by atoms with Crippen LogP contribution < -0.4 is 5.32 Å². The predicted molar refractivity (Wildman–Crippen MR) is 92.3 cm³/mol. The first kappa shape index (κ1) is 16.5. The molecule has 132 valence electrons. The fourth-order valence-corrected chi connectivity index (χ4v) is 6.24. The zero-order valence-corrected chi connectivity index (χ0v) is 15.2. The molecule has 0 aromatic carbocycles. The van der Waals surface area contributed by atoms with Crippen LogP contribution >= 0.6 is 11.3 Å². The van der Waals surface area contributed by atoms with Crippen LogP contribution in [0.4, 0.5) is 0 Å². The summed E-state index contributed by atoms with van der Waals surface area (Å²) in [6.45, 7) is 3.18. The Labute approximate surface area is 146 Å². The SMILES string of the molecule is O=C(c1cc2c(s1)CCOC21CCNCC1)N1CCS(=O)(=O)CC1. The number of nitrogens with one attached hydrogen (secondary N) is 1. The standard InChI is InChI=1S/C16H22N2O4S2/c19-15(18-6-9-24(20,21)10-7-18)14-11-12-13(23-14)1-8-22-16(12)2-4-17-5-3-16/h11,17H,1-10H2. The van der Waals surface area contributed by atoms with Crippen molar-refractivity contribution >= 4 is 27.1 Å². The van der Waals surface area contributed by atoms with E-state index in [1.54, 1.807) is 16.2 Å². The molecule has 1 N–H and O–H groups in total. The van der Waals surface area contributed by atoms with Crippen molar-refractivity contribution in [1.29, 1.82) is 0 Å². The molecule has 1 amide bonds. The average Bonchev–Trinajstić information content (AvgIpc) is 3.01. The summed E-state index contributed by atoms with van der Waals surface area (Å²) in [5.41, 5.74) is 0.951. The number of amides is 1. The van der Waals surface area contributed by atoms with Gasteiger partial charge in [-0.3, -0.25) is 4.79 Å². The van der Waals surface area contributed by atoms with Gasteiger partial charge in [-0.2, -0.15) is 0 Å². The minimum atomic E-state index is -2.97. The van der Waals surface area contributed by atoms with Crippen LogP contribution in [-0.2, 0) is 26.6 Å². The van der Waals surface area contributed by atoms with Gasteiger partial charge in [-0.05, 0) is 37.6 Å². The minimum absolute atomic E-state index is 0.0339. The largest absolute Gasteiger partial charge is 0.370 e. The van der Waals surface area contributed by atoms with Crippen LogP contribution in [0.15, 0.2) is 6.07 Å². The third-order valence-corrected chi connectivity index (χ3v) is 8.05. The fourth-order valence-electron chi connectivity index (χ4n) is 3.84. The molecule has 0 radical (unpaired) electrons. The Morgan fingerprint density at radius 3 is 2.67 bits per heavy atom. The highest BCUT2D eigenvalue weighted by atomic mass is 32.2. The molecule has 2 saturated heterocycles. The Morgan fingerprint density at radius 1 is 1.25 bits per heavy atom. The van der Waals surface area contributed by atoms with Gasteiger partial charge in [0.25, 0.3) is 5.91 Å². The Morgan fingerprint density at radius 2 is 1.96 bits per heavy atom. The minimum Gasteiger partial charge on any atom is -0.370 e. The summed E-state index contributed by atoms with van der Waals surface area (Å²) < 4.78 is 29.3. The van der Waals surface area contributed by atoms with Crippen molar-refractivity contribution in [3.63, 3.8) is 0 Å². The summed E-state index contributed by atoms with van der Waals surface area (Å²) in [6.07, 6.45) is 2.73. The molecule has 6 nitrogen and oxygen atoms in total. The zero-order valence-electron chi connectivity index (χ0n) is 13.5. The van der Waals surface area contributed by atoms with E-state index in [4.69, 9.17) is 4.74 Å². The second-order valence-corrected chi connectivity index (χ2v) is 10.2. The number of carbonyl (C=O) groups excluding carboxylic acids is 1. The first-order valence-electron chi connectivity index (χ1n) is 8.47. The number of ether oxygens (including phenoxy) is 1. The van der Waals surface area contributed by atoms with Crippen LogP contribution in [0, 0.1) is 0 Å². The molecular weight excluding hydrogens is 348 g/mol. The molecule has 0 unspecified atom stereocenters. The van der Waals surface area contributed by atoms with Crippen LogP contribution in [0.5, 0.6) is 0 Å². The molecule has 3 aliphatic rings. The molecule has 2 fully saturated rings. The normalized spacial score (nSPS) is 25.4. The second kappa shape index (κ2) is 6.09. The van der Waals surface area contributed by atoms with Gasteiger partial charge in [0.05, 0.1) is 28.6 Å². The van der Waals surface area contributed by atoms with E-state index in [-0.39, 0.29) is 23.0 Å². The van der Waals surface area contributed by atoms with Crippen molar-refractivity contribution in [2.24, 2.45) is 0 Å². The summed E-state index contributed by atoms with van der Waals surface area (Å²) in [4.78, 5) is 16.4. The van der Waals surface area contributed by atoms with Crippen molar-refractivity contribution in [1.82, 2.24) is 10.2 Å². The lowest BCUT2D eigenvalue weighted by Crippen LogP contribution is -2.44. The quantitative estimate of drug-likeness (QED) is 0.790. The van der Waals surface area contributed by atoms with E-state index in [1.807, 2.05) is 6.07 Å². The molecule has 0 saturated carbocycles. The molecule has 4 rings (SSSR count). The first-order chi connectivity index (χ1) is 11.5. The lowest BCUT2D eigenvalue weighted by atomic mass is 9.83.